The number of amides is 1. The molecule has 1 fully saturated rings. The molecular weight excluding hydrogens is 416 g/mol. The van der Waals surface area contributed by atoms with Gasteiger partial charge in [0, 0.05) is 32.3 Å². The monoisotopic (exact) mass is 454 g/mol. The molecule has 1 aliphatic carbocycles. The second kappa shape index (κ2) is 9.72. The Kier molecular flexibility index (Phi) is 7.37. The minimum Gasteiger partial charge on any atom is -0.442 e. The van der Waals surface area contributed by atoms with Crippen LogP contribution in [-0.4, -0.2) is 44.5 Å². The van der Waals surface area contributed by atoms with Crippen molar-refractivity contribution in [1.29, 1.82) is 0 Å². The van der Waals surface area contributed by atoms with Crippen LogP contribution in [0.25, 0.3) is 5.57 Å². The molecule has 1 saturated heterocycles. The molecule has 2 heterocycles. The van der Waals surface area contributed by atoms with Gasteiger partial charge in [-0.3, -0.25) is 4.79 Å². The molecule has 0 unspecified atom stereocenters. The van der Waals surface area contributed by atoms with Crippen LogP contribution < -0.4 is 5.56 Å². The number of nitrogens with zero attached hydrogens (tertiary/aromatic N) is 2. The third-order valence-corrected chi connectivity index (χ3v) is 7.05. The van der Waals surface area contributed by atoms with Gasteiger partial charge in [0.25, 0.3) is 5.56 Å². The molecule has 3 rings (SSSR count). The van der Waals surface area contributed by atoms with Gasteiger partial charge in [-0.2, -0.15) is 0 Å². The first-order valence-electron chi connectivity index (χ1n) is 11.9. The Hall–Kier alpha value is -2.60. The normalized spacial score (nSPS) is 22.5. The Morgan fingerprint density at radius 3 is 2.52 bits per heavy atom. The molecule has 0 radical (unpaired) electrons. The maximum absolute atomic E-state index is 13.1. The number of cyclic esters (lactones) is 1. The van der Waals surface area contributed by atoms with E-state index in [0.29, 0.717) is 19.4 Å². The second-order valence-electron chi connectivity index (χ2n) is 10.3. The van der Waals surface area contributed by atoms with Crippen molar-refractivity contribution in [1.82, 2.24) is 9.47 Å². The summed E-state index contributed by atoms with van der Waals surface area (Å²) in [5.41, 5.74) is 1.57. The van der Waals surface area contributed by atoms with Crippen LogP contribution in [0.3, 0.4) is 0 Å². The molecule has 0 spiro atoms. The lowest BCUT2D eigenvalue weighted by molar-refractivity contribution is -0.0945. The summed E-state index contributed by atoms with van der Waals surface area (Å²) < 4.78 is 7.63. The van der Waals surface area contributed by atoms with Crippen molar-refractivity contribution in [2.24, 2.45) is 13.0 Å². The van der Waals surface area contributed by atoms with Gasteiger partial charge in [0.2, 0.25) is 0 Å². The zero-order chi connectivity index (χ0) is 24.4. The summed E-state index contributed by atoms with van der Waals surface area (Å²) in [4.78, 5) is 26.9. The van der Waals surface area contributed by atoms with E-state index in [2.05, 4.69) is 26.0 Å². The molecule has 1 aromatic rings. The summed E-state index contributed by atoms with van der Waals surface area (Å²) in [5.74, 6) is 0.170. The Morgan fingerprint density at radius 2 is 1.91 bits per heavy atom. The standard InChI is InChI=1S/C27H38N2O4/c1-19(2)27(14-13-26(4,5)32)15-17-29(25(31)33-27)20(3)21-8-7-9-22(11-10-21)23-12-16-28(6)24(30)18-23/h8-12,16,18-20,32H,7,13-15,17H2,1-6H3/t20-,27-/m0/s1. The Bertz CT molecular complexity index is 1030. The molecule has 1 N–H and O–H groups in total. The highest BCUT2D eigenvalue weighted by molar-refractivity contribution is 5.75. The smallest absolute Gasteiger partial charge is 0.410 e. The van der Waals surface area contributed by atoms with Crippen molar-refractivity contribution >= 4 is 11.7 Å². The number of pyridine rings is 1. The summed E-state index contributed by atoms with van der Waals surface area (Å²) in [6.07, 6.45) is 12.4. The van der Waals surface area contributed by atoms with E-state index in [1.54, 1.807) is 42.6 Å². The van der Waals surface area contributed by atoms with Crippen LogP contribution in [0.1, 0.15) is 65.9 Å². The van der Waals surface area contributed by atoms with Gasteiger partial charge in [0.15, 0.2) is 0 Å². The maximum atomic E-state index is 13.1. The number of aromatic nitrogens is 1. The summed E-state index contributed by atoms with van der Waals surface area (Å²) in [7, 11) is 1.74. The minimum atomic E-state index is -0.789. The molecule has 0 aromatic carbocycles. The predicted octanol–water partition coefficient (Wildman–Crippen LogP) is 4.83. The molecular formula is C27H38N2O4. The minimum absolute atomic E-state index is 0.0399. The van der Waals surface area contributed by atoms with Crippen molar-refractivity contribution in [2.75, 3.05) is 6.54 Å². The number of rotatable bonds is 7. The van der Waals surface area contributed by atoms with Gasteiger partial charge in [-0.15, -0.1) is 0 Å². The molecule has 180 valence electrons. The van der Waals surface area contributed by atoms with E-state index in [4.69, 9.17) is 4.74 Å². The number of carbonyl (C=O) groups excluding carboxylic acids is 1. The van der Waals surface area contributed by atoms with Crippen LogP contribution in [-0.2, 0) is 11.8 Å². The van der Waals surface area contributed by atoms with E-state index in [9.17, 15) is 14.7 Å². The van der Waals surface area contributed by atoms with Crippen molar-refractivity contribution in [3.05, 3.63) is 64.1 Å². The van der Waals surface area contributed by atoms with Crippen molar-refractivity contribution in [2.45, 2.75) is 77.5 Å². The Morgan fingerprint density at radius 1 is 1.18 bits per heavy atom. The summed E-state index contributed by atoms with van der Waals surface area (Å²) in [6, 6.07) is 3.46. The first-order valence-corrected chi connectivity index (χ1v) is 11.9. The zero-order valence-electron chi connectivity index (χ0n) is 20.8. The van der Waals surface area contributed by atoms with Gasteiger partial charge >= 0.3 is 6.09 Å². The first kappa shape index (κ1) is 25.0. The van der Waals surface area contributed by atoms with Gasteiger partial charge in [0.1, 0.15) is 5.60 Å². The quantitative estimate of drug-likeness (QED) is 0.640. The summed E-state index contributed by atoms with van der Waals surface area (Å²) >= 11 is 0. The van der Waals surface area contributed by atoms with Crippen LogP contribution >= 0.6 is 0 Å². The Labute approximate surface area is 197 Å². The number of allylic oxidation sites excluding steroid dienone is 4. The lowest BCUT2D eigenvalue weighted by Crippen LogP contribution is -2.55. The van der Waals surface area contributed by atoms with E-state index in [-0.39, 0.29) is 23.6 Å². The summed E-state index contributed by atoms with van der Waals surface area (Å²) in [5, 5.41) is 10.2. The van der Waals surface area contributed by atoms with E-state index < -0.39 is 11.2 Å². The number of hydrogen-bond donors (Lipinski definition) is 1. The molecule has 6 heteroatoms. The molecule has 0 saturated carbocycles. The largest absolute Gasteiger partial charge is 0.442 e. The van der Waals surface area contributed by atoms with E-state index in [1.807, 2.05) is 25.1 Å². The zero-order valence-corrected chi connectivity index (χ0v) is 20.8. The van der Waals surface area contributed by atoms with Gasteiger partial charge in [-0.25, -0.2) is 4.79 Å². The molecule has 2 aliphatic rings. The number of aryl methyl sites for hydroxylation is 1. The van der Waals surface area contributed by atoms with E-state index in [0.717, 1.165) is 29.6 Å². The van der Waals surface area contributed by atoms with Crippen LogP contribution in [0.2, 0.25) is 0 Å². The number of aliphatic hydroxyl groups is 1. The van der Waals surface area contributed by atoms with Crippen molar-refractivity contribution < 1.29 is 14.6 Å². The van der Waals surface area contributed by atoms with E-state index >= 15 is 0 Å². The molecule has 33 heavy (non-hydrogen) atoms. The third-order valence-electron chi connectivity index (χ3n) is 7.05. The first-order chi connectivity index (χ1) is 15.4. The molecule has 6 nitrogen and oxygen atoms in total. The topological polar surface area (TPSA) is 71.8 Å². The highest BCUT2D eigenvalue weighted by Gasteiger charge is 2.44. The lowest BCUT2D eigenvalue weighted by Gasteiger charge is -2.46. The molecule has 0 bridgehead atoms. The number of hydrogen-bond acceptors (Lipinski definition) is 4. The molecule has 1 aromatic heterocycles. The van der Waals surface area contributed by atoms with Crippen molar-refractivity contribution in [3.8, 4) is 0 Å². The van der Waals surface area contributed by atoms with Crippen LogP contribution in [0, 0.1) is 5.92 Å². The average molecular weight is 455 g/mol. The fraction of sp³-hybridized carbons (Fsp3) is 0.556. The molecule has 2 atom stereocenters. The maximum Gasteiger partial charge on any atom is 0.410 e. The van der Waals surface area contributed by atoms with Gasteiger partial charge in [-0.1, -0.05) is 38.2 Å². The molecule has 1 amide bonds. The third kappa shape index (κ3) is 5.85. The van der Waals surface area contributed by atoms with Gasteiger partial charge in [0.05, 0.1) is 11.6 Å². The fourth-order valence-electron chi connectivity index (χ4n) is 4.50. The van der Waals surface area contributed by atoms with Gasteiger partial charge in [-0.05, 0) is 68.7 Å². The second-order valence-corrected chi connectivity index (χ2v) is 10.3. The highest BCUT2D eigenvalue weighted by atomic mass is 16.6. The average Bonchev–Trinajstić information content (AvgIpc) is 2.99. The Balaban J connectivity index is 1.71. The van der Waals surface area contributed by atoms with Gasteiger partial charge < -0.3 is 19.3 Å². The lowest BCUT2D eigenvalue weighted by atomic mass is 9.79. The summed E-state index contributed by atoms with van der Waals surface area (Å²) in [6.45, 7) is 10.4. The van der Waals surface area contributed by atoms with E-state index in [1.165, 1.54) is 0 Å². The van der Waals surface area contributed by atoms with Crippen LogP contribution in [0.4, 0.5) is 4.79 Å². The number of carbonyl (C=O) groups is 1. The van der Waals surface area contributed by atoms with Crippen molar-refractivity contribution in [3.63, 3.8) is 0 Å². The SMILES string of the molecule is CC(C)[C@]1(CCC(C)(C)O)CCN([C@@H](C)C2=CCC=C(c3ccn(C)c(=O)c3)C=C2)C(=O)O1. The fourth-order valence-corrected chi connectivity index (χ4v) is 4.50. The van der Waals surface area contributed by atoms with Crippen LogP contribution in [0.15, 0.2) is 53.0 Å². The van der Waals surface area contributed by atoms with Crippen LogP contribution in [0.5, 0.6) is 0 Å². The number of ether oxygens (including phenoxy) is 1. The predicted molar refractivity (Wildman–Crippen MR) is 132 cm³/mol. The highest BCUT2D eigenvalue weighted by Crippen LogP contribution is 2.38. The molecule has 1 aliphatic heterocycles.